The first-order valence-corrected chi connectivity index (χ1v) is 12.6. The Kier molecular flexibility index (Phi) is 5.67. The van der Waals surface area contributed by atoms with E-state index in [-0.39, 0.29) is 4.90 Å². The molecule has 1 aliphatic rings. The number of sulfonamides is 1. The first-order valence-electron chi connectivity index (χ1n) is 8.71. The van der Waals surface area contributed by atoms with E-state index in [9.17, 15) is 26.7 Å². The van der Waals surface area contributed by atoms with E-state index in [1.165, 1.54) is 26.0 Å². The van der Waals surface area contributed by atoms with Crippen LogP contribution < -0.4 is 0 Å². The van der Waals surface area contributed by atoms with Crippen LogP contribution in [0.3, 0.4) is 0 Å². The maximum atomic E-state index is 13.2. The summed E-state index contributed by atoms with van der Waals surface area (Å²) < 4.78 is 51.0. The molecular formula is C19H20BrNO6S2. The van der Waals surface area contributed by atoms with E-state index >= 15 is 0 Å². The third kappa shape index (κ3) is 3.86. The monoisotopic (exact) mass is 501 g/mol. The van der Waals surface area contributed by atoms with Crippen LogP contribution in [0.25, 0.3) is 11.1 Å². The van der Waals surface area contributed by atoms with Crippen molar-refractivity contribution >= 4 is 41.8 Å². The summed E-state index contributed by atoms with van der Waals surface area (Å²) in [5, 5.41) is 9.63. The second-order valence-electron chi connectivity index (χ2n) is 7.31. The highest BCUT2D eigenvalue weighted by molar-refractivity contribution is 9.10. The number of carboxylic acids is 1. The van der Waals surface area contributed by atoms with E-state index in [1.807, 2.05) is 24.3 Å². The van der Waals surface area contributed by atoms with Crippen molar-refractivity contribution in [2.45, 2.75) is 29.5 Å². The van der Waals surface area contributed by atoms with E-state index < -0.39 is 48.9 Å². The summed E-state index contributed by atoms with van der Waals surface area (Å²) in [6, 6.07) is 11.9. The van der Waals surface area contributed by atoms with Crippen LogP contribution in [0.1, 0.15) is 13.8 Å². The van der Waals surface area contributed by atoms with Crippen molar-refractivity contribution in [1.82, 2.24) is 4.31 Å². The van der Waals surface area contributed by atoms with Gasteiger partial charge in [0.1, 0.15) is 6.04 Å². The molecule has 156 valence electrons. The molecule has 3 rings (SSSR count). The highest BCUT2D eigenvalue weighted by atomic mass is 79.9. The largest absolute Gasteiger partial charge is 0.480 e. The molecule has 1 atom stereocenters. The molecule has 0 spiro atoms. The van der Waals surface area contributed by atoms with Gasteiger partial charge in [0, 0.05) is 11.0 Å². The van der Waals surface area contributed by atoms with Gasteiger partial charge in [0.2, 0.25) is 10.0 Å². The van der Waals surface area contributed by atoms with Crippen molar-refractivity contribution in [3.63, 3.8) is 0 Å². The Balaban J connectivity index is 1.99. The van der Waals surface area contributed by atoms with Crippen LogP contribution >= 0.6 is 15.9 Å². The molecule has 1 N–H and O–H groups in total. The molecular weight excluding hydrogens is 482 g/mol. The van der Waals surface area contributed by atoms with Crippen molar-refractivity contribution < 1.29 is 26.7 Å². The number of nitrogens with zero attached hydrogens (tertiary/aromatic N) is 1. The van der Waals surface area contributed by atoms with Crippen molar-refractivity contribution in [3.8, 4) is 11.1 Å². The van der Waals surface area contributed by atoms with Gasteiger partial charge in [0.15, 0.2) is 9.84 Å². The zero-order valence-corrected chi connectivity index (χ0v) is 19.0. The maximum Gasteiger partial charge on any atom is 0.323 e. The van der Waals surface area contributed by atoms with Crippen LogP contribution in [0.4, 0.5) is 0 Å². The topological polar surface area (TPSA) is 109 Å². The van der Waals surface area contributed by atoms with Gasteiger partial charge in [-0.05, 0) is 49.2 Å². The fourth-order valence-electron chi connectivity index (χ4n) is 3.40. The number of rotatable bonds is 4. The predicted octanol–water partition coefficient (Wildman–Crippen LogP) is 2.77. The summed E-state index contributed by atoms with van der Waals surface area (Å²) >= 11 is 3.36. The number of aliphatic carboxylic acids is 1. The van der Waals surface area contributed by atoms with E-state index in [0.717, 1.165) is 19.9 Å². The lowest BCUT2D eigenvalue weighted by atomic mass is 10.0. The number of benzene rings is 2. The molecule has 10 heteroatoms. The number of carbonyl (C=O) groups is 1. The average Bonchev–Trinajstić information content (AvgIpc) is 2.64. The summed E-state index contributed by atoms with van der Waals surface area (Å²) in [5.74, 6) is -1.92. The van der Waals surface area contributed by atoms with E-state index in [4.69, 9.17) is 0 Å². The number of hydrogen-bond donors (Lipinski definition) is 1. The van der Waals surface area contributed by atoms with E-state index in [1.54, 1.807) is 12.1 Å². The Morgan fingerprint density at radius 2 is 1.55 bits per heavy atom. The van der Waals surface area contributed by atoms with Gasteiger partial charge in [-0.2, -0.15) is 4.31 Å². The third-order valence-electron chi connectivity index (χ3n) is 5.20. The fourth-order valence-corrected chi connectivity index (χ4v) is 7.09. The van der Waals surface area contributed by atoms with Gasteiger partial charge >= 0.3 is 5.97 Å². The van der Waals surface area contributed by atoms with Gasteiger partial charge in [-0.25, -0.2) is 16.8 Å². The molecule has 0 aliphatic carbocycles. The summed E-state index contributed by atoms with van der Waals surface area (Å²) in [6.45, 7) is 2.10. The minimum Gasteiger partial charge on any atom is -0.480 e. The molecule has 0 amide bonds. The van der Waals surface area contributed by atoms with Crippen LogP contribution in [-0.2, 0) is 24.7 Å². The number of sulfone groups is 1. The van der Waals surface area contributed by atoms with Gasteiger partial charge < -0.3 is 5.11 Å². The average molecular weight is 502 g/mol. The van der Waals surface area contributed by atoms with Crippen molar-refractivity contribution in [2.24, 2.45) is 0 Å². The number of carboxylic acid groups (broad SMARTS) is 1. The summed E-state index contributed by atoms with van der Waals surface area (Å²) in [4.78, 5) is 11.8. The second-order valence-corrected chi connectivity index (χ2v) is 12.8. The molecule has 7 nitrogen and oxygen atoms in total. The normalized spacial score (nSPS) is 21.6. The van der Waals surface area contributed by atoms with Crippen molar-refractivity contribution in [1.29, 1.82) is 0 Å². The smallest absolute Gasteiger partial charge is 0.323 e. The van der Waals surface area contributed by atoms with Crippen LogP contribution in [0.15, 0.2) is 57.9 Å². The molecule has 29 heavy (non-hydrogen) atoms. The van der Waals surface area contributed by atoms with Gasteiger partial charge in [-0.3, -0.25) is 4.79 Å². The lowest BCUT2D eigenvalue weighted by Gasteiger charge is -2.42. The predicted molar refractivity (Wildman–Crippen MR) is 113 cm³/mol. The quantitative estimate of drug-likeness (QED) is 0.689. The molecule has 1 fully saturated rings. The SMILES string of the molecule is CC1(C)C(C(=O)O)N(S(=O)(=O)c2ccc(-c3ccc(Br)cc3)cc2)CCS1(=O)=O. The summed E-state index contributed by atoms with van der Waals surface area (Å²) in [5.41, 5.74) is 1.69. The molecule has 1 heterocycles. The van der Waals surface area contributed by atoms with Gasteiger partial charge in [0.25, 0.3) is 0 Å². The second kappa shape index (κ2) is 7.50. The lowest BCUT2D eigenvalue weighted by Crippen LogP contribution is -2.64. The molecule has 0 radical (unpaired) electrons. The Labute approximate surface area is 178 Å². The van der Waals surface area contributed by atoms with Crippen LogP contribution in [0.5, 0.6) is 0 Å². The maximum absolute atomic E-state index is 13.2. The Hall–Kier alpha value is -1.75. The van der Waals surface area contributed by atoms with E-state index in [0.29, 0.717) is 0 Å². The highest BCUT2D eigenvalue weighted by Gasteiger charge is 2.55. The fraction of sp³-hybridized carbons (Fsp3) is 0.316. The molecule has 1 unspecified atom stereocenters. The minimum atomic E-state index is -4.20. The first-order chi connectivity index (χ1) is 13.4. The lowest BCUT2D eigenvalue weighted by molar-refractivity contribution is -0.142. The molecule has 0 saturated carbocycles. The Bertz CT molecular complexity index is 1140. The number of hydrogen-bond acceptors (Lipinski definition) is 5. The van der Waals surface area contributed by atoms with Crippen molar-refractivity contribution in [2.75, 3.05) is 12.3 Å². The highest BCUT2D eigenvalue weighted by Crippen LogP contribution is 2.35. The minimum absolute atomic E-state index is 0.0836. The Morgan fingerprint density at radius 1 is 1.07 bits per heavy atom. The third-order valence-corrected chi connectivity index (χ3v) is 10.2. The zero-order chi connectivity index (χ0) is 21.6. The molecule has 0 bridgehead atoms. The van der Waals surface area contributed by atoms with Gasteiger partial charge in [0.05, 0.1) is 15.4 Å². The van der Waals surface area contributed by atoms with Crippen LogP contribution in [0.2, 0.25) is 0 Å². The van der Waals surface area contributed by atoms with Crippen molar-refractivity contribution in [3.05, 3.63) is 53.0 Å². The first kappa shape index (κ1) is 21.9. The summed E-state index contributed by atoms with van der Waals surface area (Å²) in [7, 11) is -7.97. The molecule has 1 aliphatic heterocycles. The van der Waals surface area contributed by atoms with Gasteiger partial charge in [-0.1, -0.05) is 40.2 Å². The number of halogens is 1. The van der Waals surface area contributed by atoms with Crippen LogP contribution in [0, 0.1) is 0 Å². The van der Waals surface area contributed by atoms with E-state index in [2.05, 4.69) is 15.9 Å². The summed E-state index contributed by atoms with van der Waals surface area (Å²) in [6.07, 6.45) is 0. The molecule has 0 aromatic heterocycles. The molecule has 2 aromatic rings. The van der Waals surface area contributed by atoms with Gasteiger partial charge in [-0.15, -0.1) is 0 Å². The molecule has 1 saturated heterocycles. The zero-order valence-electron chi connectivity index (χ0n) is 15.7. The standard InChI is InChI=1S/C19H20BrNO6S2/c1-19(2)17(18(22)23)21(11-12-28(19,24)25)29(26,27)16-9-5-14(6-10-16)13-3-7-15(20)8-4-13/h3-10,17H,11-12H2,1-2H3,(H,22,23). The van der Waals surface area contributed by atoms with Crippen LogP contribution in [-0.4, -0.2) is 55.3 Å². The Morgan fingerprint density at radius 3 is 2.03 bits per heavy atom. The molecule has 2 aromatic carbocycles.